The van der Waals surface area contributed by atoms with Crippen molar-refractivity contribution in [1.82, 2.24) is 10.2 Å². The van der Waals surface area contributed by atoms with Gasteiger partial charge in [0.2, 0.25) is 0 Å². The molecule has 1 atom stereocenters. The highest BCUT2D eigenvalue weighted by Crippen LogP contribution is 2.37. The average molecular weight is 510 g/mol. The SMILES string of the molecule is COc1cccc(NC(=O)NCc2ccc(CN3C(=O)C(C)(CC4=CCc5ccccc54)N=C3N)cc2)c1. The van der Waals surface area contributed by atoms with Crippen molar-refractivity contribution in [3.63, 3.8) is 0 Å². The van der Waals surface area contributed by atoms with Gasteiger partial charge in [-0.25, -0.2) is 9.79 Å². The molecule has 0 saturated carbocycles. The highest BCUT2D eigenvalue weighted by atomic mass is 16.5. The number of allylic oxidation sites excluding steroid dienone is 1. The summed E-state index contributed by atoms with van der Waals surface area (Å²) in [5.74, 6) is 0.811. The predicted octanol–water partition coefficient (Wildman–Crippen LogP) is 4.46. The van der Waals surface area contributed by atoms with Crippen molar-refractivity contribution in [2.45, 2.75) is 38.4 Å². The van der Waals surface area contributed by atoms with Crippen LogP contribution >= 0.6 is 0 Å². The molecule has 194 valence electrons. The molecule has 3 aromatic rings. The number of ether oxygens (including phenoxy) is 1. The van der Waals surface area contributed by atoms with Crippen LogP contribution in [0.4, 0.5) is 10.5 Å². The Morgan fingerprint density at radius 1 is 1.08 bits per heavy atom. The average Bonchev–Trinajstić information content (AvgIpc) is 3.41. The molecule has 38 heavy (non-hydrogen) atoms. The van der Waals surface area contributed by atoms with Gasteiger partial charge in [-0.05, 0) is 53.3 Å². The number of nitrogens with two attached hydrogens (primary N) is 1. The zero-order valence-electron chi connectivity index (χ0n) is 21.5. The van der Waals surface area contributed by atoms with Gasteiger partial charge in [0.1, 0.15) is 11.3 Å². The van der Waals surface area contributed by atoms with Crippen LogP contribution in [0.5, 0.6) is 5.75 Å². The smallest absolute Gasteiger partial charge is 0.319 e. The Hall–Kier alpha value is -4.59. The van der Waals surface area contributed by atoms with Crippen molar-refractivity contribution >= 4 is 29.2 Å². The van der Waals surface area contributed by atoms with E-state index >= 15 is 0 Å². The normalized spacial score (nSPS) is 18.1. The third-order valence-electron chi connectivity index (χ3n) is 6.95. The van der Waals surface area contributed by atoms with Gasteiger partial charge < -0.3 is 21.1 Å². The molecule has 4 N–H and O–H groups in total. The number of fused-ring (bicyclic) bond motifs is 1. The van der Waals surface area contributed by atoms with Crippen molar-refractivity contribution in [3.05, 3.63) is 101 Å². The molecule has 0 bridgehead atoms. The van der Waals surface area contributed by atoms with Crippen molar-refractivity contribution < 1.29 is 14.3 Å². The Bertz CT molecular complexity index is 1430. The minimum absolute atomic E-state index is 0.0970. The van der Waals surface area contributed by atoms with E-state index < -0.39 is 5.54 Å². The molecule has 0 saturated heterocycles. The first-order valence-corrected chi connectivity index (χ1v) is 12.6. The van der Waals surface area contributed by atoms with Gasteiger partial charge in [0.15, 0.2) is 5.96 Å². The Morgan fingerprint density at radius 2 is 1.84 bits per heavy atom. The van der Waals surface area contributed by atoms with Crippen LogP contribution in [0.2, 0.25) is 0 Å². The van der Waals surface area contributed by atoms with Crippen LogP contribution in [0.15, 0.2) is 83.9 Å². The van der Waals surface area contributed by atoms with E-state index in [1.807, 2.05) is 55.5 Å². The molecule has 0 fully saturated rings. The number of carbonyl (C=O) groups is 2. The number of rotatable bonds is 8. The lowest BCUT2D eigenvalue weighted by Crippen LogP contribution is -2.42. The monoisotopic (exact) mass is 509 g/mol. The van der Waals surface area contributed by atoms with Gasteiger partial charge in [-0.15, -0.1) is 0 Å². The minimum atomic E-state index is -0.923. The zero-order chi connectivity index (χ0) is 26.7. The van der Waals surface area contributed by atoms with Gasteiger partial charge in [0, 0.05) is 24.7 Å². The summed E-state index contributed by atoms with van der Waals surface area (Å²) >= 11 is 0. The lowest BCUT2D eigenvalue weighted by atomic mass is 9.90. The number of benzene rings is 3. The molecule has 1 unspecified atom stereocenters. The maximum atomic E-state index is 13.4. The molecule has 3 aromatic carbocycles. The van der Waals surface area contributed by atoms with E-state index in [0.29, 0.717) is 30.9 Å². The Kier molecular flexibility index (Phi) is 6.87. The molecule has 1 aliphatic carbocycles. The first kappa shape index (κ1) is 25.1. The first-order chi connectivity index (χ1) is 18.3. The fraction of sp³-hybridized carbons (Fsp3) is 0.233. The van der Waals surface area contributed by atoms with E-state index in [9.17, 15) is 9.59 Å². The maximum Gasteiger partial charge on any atom is 0.319 e. The minimum Gasteiger partial charge on any atom is -0.497 e. The van der Waals surface area contributed by atoms with Crippen molar-refractivity contribution in [2.75, 3.05) is 12.4 Å². The van der Waals surface area contributed by atoms with E-state index in [1.54, 1.807) is 24.1 Å². The number of carbonyl (C=O) groups excluding carboxylic acids is 2. The fourth-order valence-electron chi connectivity index (χ4n) is 4.92. The fourth-order valence-corrected chi connectivity index (χ4v) is 4.92. The van der Waals surface area contributed by atoms with E-state index in [1.165, 1.54) is 11.1 Å². The number of guanidine groups is 1. The molecule has 2 aliphatic rings. The predicted molar refractivity (Wildman–Crippen MR) is 149 cm³/mol. The second kappa shape index (κ2) is 10.4. The largest absolute Gasteiger partial charge is 0.497 e. The molecule has 0 aromatic heterocycles. The van der Waals surface area contributed by atoms with E-state index in [4.69, 9.17) is 10.5 Å². The Balaban J connectivity index is 1.16. The number of nitrogens with zero attached hydrogens (tertiary/aromatic N) is 2. The quantitative estimate of drug-likeness (QED) is 0.416. The van der Waals surface area contributed by atoms with Crippen molar-refractivity contribution in [1.29, 1.82) is 0 Å². The third-order valence-corrected chi connectivity index (χ3v) is 6.95. The van der Waals surface area contributed by atoms with Gasteiger partial charge in [-0.2, -0.15) is 0 Å². The molecular formula is C30H31N5O3. The Morgan fingerprint density at radius 3 is 2.63 bits per heavy atom. The van der Waals surface area contributed by atoms with E-state index in [-0.39, 0.29) is 17.9 Å². The second-order valence-corrected chi connectivity index (χ2v) is 9.76. The van der Waals surface area contributed by atoms with Gasteiger partial charge in [0.05, 0.1) is 13.7 Å². The number of aliphatic imine (C=N–C) groups is 1. The molecule has 5 rings (SSSR count). The lowest BCUT2D eigenvalue weighted by molar-refractivity contribution is -0.130. The number of hydrogen-bond acceptors (Lipinski definition) is 5. The van der Waals surface area contributed by atoms with Crippen LogP contribution in [0.25, 0.3) is 5.57 Å². The van der Waals surface area contributed by atoms with Crippen LogP contribution in [0.1, 0.15) is 35.6 Å². The summed E-state index contributed by atoms with van der Waals surface area (Å²) in [5, 5.41) is 5.63. The molecule has 8 heteroatoms. The number of amides is 3. The standard InChI is InChI=1S/C30H31N5O3/c1-30(17-23-15-14-22-6-3-4-9-26(22)23)27(36)35(28(31)34-30)19-21-12-10-20(11-13-21)18-32-29(37)33-24-7-5-8-25(16-24)38-2/h3-13,15-16H,14,17-19H2,1-2H3,(H2,31,34)(H2,32,33,37). The molecule has 1 aliphatic heterocycles. The topological polar surface area (TPSA) is 109 Å². The van der Waals surface area contributed by atoms with Crippen LogP contribution in [0.3, 0.4) is 0 Å². The summed E-state index contributed by atoms with van der Waals surface area (Å²) < 4.78 is 5.18. The van der Waals surface area contributed by atoms with Crippen LogP contribution in [0, 0.1) is 0 Å². The number of anilines is 1. The van der Waals surface area contributed by atoms with Gasteiger partial charge >= 0.3 is 6.03 Å². The summed E-state index contributed by atoms with van der Waals surface area (Å²) in [6.07, 6.45) is 3.58. The maximum absolute atomic E-state index is 13.4. The third kappa shape index (κ3) is 5.25. The summed E-state index contributed by atoms with van der Waals surface area (Å²) in [7, 11) is 1.58. The van der Waals surface area contributed by atoms with Crippen LogP contribution in [-0.4, -0.2) is 35.4 Å². The number of methoxy groups -OCH3 is 1. The van der Waals surface area contributed by atoms with Gasteiger partial charge in [-0.1, -0.05) is 60.7 Å². The first-order valence-electron chi connectivity index (χ1n) is 12.6. The highest BCUT2D eigenvalue weighted by Gasteiger charge is 2.44. The molecule has 0 spiro atoms. The number of urea groups is 1. The van der Waals surface area contributed by atoms with Crippen molar-refractivity contribution in [3.8, 4) is 5.75 Å². The Labute approximate surface area is 222 Å². The van der Waals surface area contributed by atoms with E-state index in [0.717, 1.165) is 23.1 Å². The van der Waals surface area contributed by atoms with Crippen molar-refractivity contribution in [2.24, 2.45) is 10.7 Å². The zero-order valence-corrected chi connectivity index (χ0v) is 21.5. The number of nitrogens with one attached hydrogen (secondary N) is 2. The molecular weight excluding hydrogens is 478 g/mol. The second-order valence-electron chi connectivity index (χ2n) is 9.76. The van der Waals surface area contributed by atoms with Crippen LogP contribution in [-0.2, 0) is 24.3 Å². The van der Waals surface area contributed by atoms with Gasteiger partial charge in [0.25, 0.3) is 5.91 Å². The molecule has 0 radical (unpaired) electrons. The van der Waals surface area contributed by atoms with Crippen LogP contribution < -0.4 is 21.1 Å². The number of hydrogen-bond donors (Lipinski definition) is 3. The summed E-state index contributed by atoms with van der Waals surface area (Å²) in [5.41, 5.74) is 11.4. The summed E-state index contributed by atoms with van der Waals surface area (Å²) in [6.45, 7) is 2.55. The molecule has 3 amide bonds. The highest BCUT2D eigenvalue weighted by molar-refractivity contribution is 6.07. The summed E-state index contributed by atoms with van der Waals surface area (Å²) in [6, 6.07) is 22.8. The van der Waals surface area contributed by atoms with Gasteiger partial charge in [-0.3, -0.25) is 9.69 Å². The lowest BCUT2D eigenvalue weighted by Gasteiger charge is -2.23. The molecule has 8 nitrogen and oxygen atoms in total. The summed E-state index contributed by atoms with van der Waals surface area (Å²) in [4.78, 5) is 31.8. The molecule has 1 heterocycles. The van der Waals surface area contributed by atoms with E-state index in [2.05, 4.69) is 33.8 Å².